The molecule has 2 fully saturated rings. The number of rotatable bonds is 3. The average molecular weight is 321 g/mol. The number of likely N-dealkylation sites (tertiary alicyclic amines) is 1. The van der Waals surface area contributed by atoms with E-state index in [0.717, 1.165) is 24.8 Å². The zero-order valence-corrected chi connectivity index (χ0v) is 13.6. The van der Waals surface area contributed by atoms with Crippen molar-refractivity contribution in [3.05, 3.63) is 22.1 Å². The van der Waals surface area contributed by atoms with Crippen molar-refractivity contribution in [2.45, 2.75) is 25.8 Å². The topological polar surface area (TPSA) is 45.2 Å². The van der Waals surface area contributed by atoms with E-state index in [1.165, 1.54) is 37.4 Å². The second-order valence-corrected chi connectivity index (χ2v) is 7.92. The molecule has 1 unspecified atom stereocenters. The highest BCUT2D eigenvalue weighted by Gasteiger charge is 2.41. The van der Waals surface area contributed by atoms with E-state index in [2.05, 4.69) is 30.4 Å². The van der Waals surface area contributed by atoms with Crippen LogP contribution in [0.5, 0.6) is 0 Å². The Labute approximate surface area is 132 Å². The van der Waals surface area contributed by atoms with Gasteiger partial charge in [0.05, 0.1) is 6.54 Å². The van der Waals surface area contributed by atoms with Crippen LogP contribution in [0.15, 0.2) is 17.1 Å². The van der Waals surface area contributed by atoms with Crippen molar-refractivity contribution in [1.29, 1.82) is 0 Å². The van der Waals surface area contributed by atoms with Gasteiger partial charge in [-0.15, -0.1) is 21.5 Å². The Balaban J connectivity index is 1.43. The minimum Gasteiger partial charge on any atom is -0.346 e. The van der Waals surface area contributed by atoms with E-state index in [1.54, 1.807) is 22.7 Å². The van der Waals surface area contributed by atoms with E-state index in [9.17, 15) is 0 Å². The van der Waals surface area contributed by atoms with Crippen molar-refractivity contribution >= 4 is 27.8 Å². The molecule has 0 radical (unpaired) electrons. The summed E-state index contributed by atoms with van der Waals surface area (Å²) in [6.07, 6.45) is 5.82. The molecule has 21 heavy (non-hydrogen) atoms. The molecule has 1 atom stereocenters. The smallest absolute Gasteiger partial charge is 0.208 e. The molecule has 0 N–H and O–H groups in total. The maximum atomic E-state index is 4.42. The molecule has 2 aliphatic heterocycles. The summed E-state index contributed by atoms with van der Waals surface area (Å²) in [6.45, 7) is 5.67. The highest BCUT2D eigenvalue weighted by atomic mass is 32.1. The lowest BCUT2D eigenvalue weighted by Crippen LogP contribution is -2.44. The third-order valence-electron chi connectivity index (χ3n) is 4.64. The minimum atomic E-state index is 0.446. The average Bonchev–Trinajstić information content (AvgIpc) is 3.22. The molecule has 5 nitrogen and oxygen atoms in total. The summed E-state index contributed by atoms with van der Waals surface area (Å²) in [5.74, 6) is 0. The van der Waals surface area contributed by atoms with Crippen LogP contribution in [0.3, 0.4) is 0 Å². The molecular formula is C14H19N5S2. The number of aromatic nitrogens is 3. The van der Waals surface area contributed by atoms with Crippen LogP contribution >= 0.6 is 22.7 Å². The minimum absolute atomic E-state index is 0.446. The number of piperidine rings is 1. The molecule has 4 heterocycles. The van der Waals surface area contributed by atoms with Gasteiger partial charge in [-0.3, -0.25) is 4.90 Å². The summed E-state index contributed by atoms with van der Waals surface area (Å²) in [5, 5.41) is 12.6. The number of hydrogen-bond acceptors (Lipinski definition) is 7. The first-order chi connectivity index (χ1) is 10.3. The van der Waals surface area contributed by atoms with Crippen LogP contribution in [0.2, 0.25) is 0 Å². The molecule has 7 heteroatoms. The Morgan fingerprint density at radius 1 is 1.19 bits per heavy atom. The van der Waals surface area contributed by atoms with Crippen molar-refractivity contribution in [3.63, 3.8) is 0 Å². The van der Waals surface area contributed by atoms with Gasteiger partial charge >= 0.3 is 0 Å². The van der Waals surface area contributed by atoms with Crippen LogP contribution in [-0.4, -0.2) is 46.3 Å². The fourth-order valence-corrected chi connectivity index (χ4v) is 4.94. The first-order valence-electron chi connectivity index (χ1n) is 7.45. The van der Waals surface area contributed by atoms with Crippen molar-refractivity contribution in [2.24, 2.45) is 5.41 Å². The van der Waals surface area contributed by atoms with Gasteiger partial charge in [0, 0.05) is 36.6 Å². The Bertz CT molecular complexity index is 570. The summed E-state index contributed by atoms with van der Waals surface area (Å²) in [5.41, 5.74) is 2.28. The van der Waals surface area contributed by atoms with Gasteiger partial charge in [-0.2, -0.15) is 0 Å². The Morgan fingerprint density at radius 3 is 3.00 bits per heavy atom. The standard InChI is InChI=1S/C14H19N5S2/c1-2-14(10-19(5-1)13-17-16-11-21-13)3-6-18(9-14)8-12-15-4-7-20-12/h4,7,11H,1-3,5-6,8-10H2. The van der Waals surface area contributed by atoms with Crippen molar-refractivity contribution in [1.82, 2.24) is 20.1 Å². The van der Waals surface area contributed by atoms with Gasteiger partial charge in [-0.1, -0.05) is 11.3 Å². The summed E-state index contributed by atoms with van der Waals surface area (Å²) < 4.78 is 0. The van der Waals surface area contributed by atoms with Gasteiger partial charge in [0.1, 0.15) is 10.5 Å². The van der Waals surface area contributed by atoms with Gasteiger partial charge in [0.2, 0.25) is 5.13 Å². The third kappa shape index (κ3) is 2.82. The molecule has 2 aliphatic rings. The summed E-state index contributed by atoms with van der Waals surface area (Å²) in [4.78, 5) is 9.43. The monoisotopic (exact) mass is 321 g/mol. The Hall–Kier alpha value is -1.05. The molecule has 0 bridgehead atoms. The van der Waals surface area contributed by atoms with E-state index in [-0.39, 0.29) is 0 Å². The van der Waals surface area contributed by atoms with Gasteiger partial charge in [-0.25, -0.2) is 4.98 Å². The van der Waals surface area contributed by atoms with Crippen LogP contribution < -0.4 is 4.90 Å². The van der Waals surface area contributed by atoms with Crippen LogP contribution in [-0.2, 0) is 6.54 Å². The van der Waals surface area contributed by atoms with Crippen molar-refractivity contribution in [3.8, 4) is 0 Å². The first-order valence-corrected chi connectivity index (χ1v) is 9.21. The number of nitrogens with zero attached hydrogens (tertiary/aromatic N) is 5. The summed E-state index contributed by atoms with van der Waals surface area (Å²) in [6, 6.07) is 0. The third-order valence-corrected chi connectivity index (χ3v) is 6.15. The molecule has 2 aromatic heterocycles. The number of anilines is 1. The number of hydrogen-bond donors (Lipinski definition) is 0. The lowest BCUT2D eigenvalue weighted by atomic mass is 9.79. The maximum Gasteiger partial charge on any atom is 0.208 e. The van der Waals surface area contributed by atoms with Crippen LogP contribution in [0.1, 0.15) is 24.3 Å². The molecule has 1 spiro atoms. The van der Waals surface area contributed by atoms with Crippen molar-refractivity contribution in [2.75, 3.05) is 31.1 Å². The summed E-state index contributed by atoms with van der Waals surface area (Å²) in [7, 11) is 0. The number of thiazole rings is 1. The molecule has 0 aliphatic carbocycles. The van der Waals surface area contributed by atoms with Gasteiger partial charge in [-0.05, 0) is 25.8 Å². The maximum absolute atomic E-state index is 4.42. The highest BCUT2D eigenvalue weighted by molar-refractivity contribution is 7.13. The van der Waals surface area contributed by atoms with E-state index in [0.29, 0.717) is 5.41 Å². The van der Waals surface area contributed by atoms with Gasteiger partial charge in [0.15, 0.2) is 0 Å². The van der Waals surface area contributed by atoms with E-state index >= 15 is 0 Å². The predicted molar refractivity (Wildman–Crippen MR) is 85.8 cm³/mol. The second kappa shape index (κ2) is 5.62. The van der Waals surface area contributed by atoms with Crippen LogP contribution in [0, 0.1) is 5.41 Å². The van der Waals surface area contributed by atoms with Gasteiger partial charge in [0.25, 0.3) is 0 Å². The first kappa shape index (κ1) is 13.6. The second-order valence-electron chi connectivity index (χ2n) is 6.13. The molecule has 2 aromatic rings. The zero-order chi connectivity index (χ0) is 14.1. The van der Waals surface area contributed by atoms with E-state index < -0.39 is 0 Å². The Kier molecular flexibility index (Phi) is 3.64. The lowest BCUT2D eigenvalue weighted by Gasteiger charge is -2.40. The molecule has 0 saturated carbocycles. The largest absolute Gasteiger partial charge is 0.346 e. The fraction of sp³-hybridized carbons (Fsp3) is 0.643. The molecule has 4 rings (SSSR count). The molecular weight excluding hydrogens is 302 g/mol. The quantitative estimate of drug-likeness (QED) is 0.869. The fourth-order valence-electron chi connectivity index (χ4n) is 3.69. The van der Waals surface area contributed by atoms with Crippen LogP contribution in [0.25, 0.3) is 0 Å². The normalized spacial score (nSPS) is 26.8. The van der Waals surface area contributed by atoms with Gasteiger partial charge < -0.3 is 4.90 Å². The molecule has 0 amide bonds. The lowest BCUT2D eigenvalue weighted by molar-refractivity contribution is 0.216. The van der Waals surface area contributed by atoms with E-state index in [1.807, 2.05) is 11.7 Å². The summed E-state index contributed by atoms with van der Waals surface area (Å²) >= 11 is 3.42. The van der Waals surface area contributed by atoms with E-state index in [4.69, 9.17) is 0 Å². The predicted octanol–water partition coefficient (Wildman–Crippen LogP) is 2.49. The SMILES string of the molecule is c1csc(CN2CCC3(CCCN(c4nncs4)C3)C2)n1. The highest BCUT2D eigenvalue weighted by Crippen LogP contribution is 2.40. The molecule has 112 valence electrons. The molecule has 0 aromatic carbocycles. The van der Waals surface area contributed by atoms with Crippen LogP contribution in [0.4, 0.5) is 5.13 Å². The van der Waals surface area contributed by atoms with Crippen molar-refractivity contribution < 1.29 is 0 Å². The molecule has 2 saturated heterocycles. The Morgan fingerprint density at radius 2 is 2.19 bits per heavy atom. The zero-order valence-electron chi connectivity index (χ0n) is 11.9.